The van der Waals surface area contributed by atoms with Crippen molar-refractivity contribution in [1.82, 2.24) is 10.6 Å². The molecule has 1 aliphatic rings. The van der Waals surface area contributed by atoms with Crippen LogP contribution in [0.1, 0.15) is 45.5 Å². The Hall–Kier alpha value is -3.41. The highest BCUT2D eigenvalue weighted by atomic mass is 19.4. The van der Waals surface area contributed by atoms with Gasteiger partial charge in [-0.15, -0.1) is 0 Å². The maximum atomic E-state index is 12.6. The lowest BCUT2D eigenvalue weighted by Gasteiger charge is -2.09. The number of amides is 1. The molecular formula is C24H24F6N2O4. The molecule has 6 nitrogen and oxygen atoms in total. The van der Waals surface area contributed by atoms with Gasteiger partial charge in [0.05, 0.1) is 5.56 Å². The highest BCUT2D eigenvalue weighted by Crippen LogP contribution is 2.29. The van der Waals surface area contributed by atoms with Crippen LogP contribution in [0.4, 0.5) is 26.3 Å². The van der Waals surface area contributed by atoms with Crippen LogP contribution in [0.2, 0.25) is 0 Å². The third-order valence-corrected chi connectivity index (χ3v) is 5.26. The number of carbonyl (C=O) groups is 3. The SMILES string of the molecule is O=C(CCC(=O)c1ccc2c(c1)CCNCC2)NCc1ccc(C(F)(F)F)cc1.O=C(O)C(F)(F)F. The number of rotatable bonds is 6. The number of Topliss-reactive ketones (excluding diaryl/α,β-unsaturated/α-hetero) is 1. The molecule has 0 spiro atoms. The van der Waals surface area contributed by atoms with E-state index in [0.29, 0.717) is 11.1 Å². The molecule has 0 unspecified atom stereocenters. The maximum absolute atomic E-state index is 12.6. The van der Waals surface area contributed by atoms with Crippen LogP contribution in [-0.4, -0.2) is 42.0 Å². The Kier molecular flexibility index (Phi) is 10.0. The van der Waals surface area contributed by atoms with Gasteiger partial charge in [-0.05, 0) is 60.8 Å². The van der Waals surface area contributed by atoms with Crippen LogP contribution < -0.4 is 10.6 Å². The normalized spacial score (nSPS) is 13.5. The molecular weight excluding hydrogens is 494 g/mol. The van der Waals surface area contributed by atoms with Crippen molar-refractivity contribution < 1.29 is 45.8 Å². The summed E-state index contributed by atoms with van der Waals surface area (Å²) >= 11 is 0. The van der Waals surface area contributed by atoms with Gasteiger partial charge in [0.1, 0.15) is 0 Å². The number of halogens is 6. The average molecular weight is 518 g/mol. The number of ketones is 1. The summed E-state index contributed by atoms with van der Waals surface area (Å²) in [7, 11) is 0. The van der Waals surface area contributed by atoms with Gasteiger partial charge in [-0.1, -0.05) is 24.3 Å². The zero-order valence-corrected chi connectivity index (χ0v) is 18.9. The number of benzene rings is 2. The van der Waals surface area contributed by atoms with E-state index in [1.165, 1.54) is 23.3 Å². The van der Waals surface area contributed by atoms with E-state index in [1.54, 1.807) is 0 Å². The van der Waals surface area contributed by atoms with Crippen LogP contribution in [0.3, 0.4) is 0 Å². The minimum absolute atomic E-state index is 0.0398. The van der Waals surface area contributed by atoms with Crippen molar-refractivity contribution in [1.29, 1.82) is 0 Å². The smallest absolute Gasteiger partial charge is 0.475 e. The van der Waals surface area contributed by atoms with Crippen molar-refractivity contribution in [2.24, 2.45) is 0 Å². The number of aliphatic carboxylic acids is 1. The molecule has 3 N–H and O–H groups in total. The molecule has 0 fully saturated rings. The van der Waals surface area contributed by atoms with Crippen molar-refractivity contribution in [3.05, 3.63) is 70.3 Å². The number of fused-ring (bicyclic) bond motifs is 1. The molecule has 196 valence electrons. The zero-order valence-electron chi connectivity index (χ0n) is 18.9. The number of carboxylic acids is 1. The molecule has 0 atom stereocenters. The van der Waals surface area contributed by atoms with Gasteiger partial charge >= 0.3 is 18.3 Å². The Morgan fingerprint density at radius 3 is 2.00 bits per heavy atom. The van der Waals surface area contributed by atoms with Crippen LogP contribution in [0.15, 0.2) is 42.5 Å². The molecule has 0 aromatic heterocycles. The second kappa shape index (κ2) is 12.5. The minimum atomic E-state index is -5.08. The van der Waals surface area contributed by atoms with E-state index < -0.39 is 23.9 Å². The summed E-state index contributed by atoms with van der Waals surface area (Å²) in [6.45, 7) is 1.94. The largest absolute Gasteiger partial charge is 0.490 e. The van der Waals surface area contributed by atoms with Gasteiger partial charge in [0.25, 0.3) is 0 Å². The Morgan fingerprint density at radius 2 is 1.44 bits per heavy atom. The molecule has 3 rings (SSSR count). The van der Waals surface area contributed by atoms with Gasteiger partial charge in [0.15, 0.2) is 5.78 Å². The number of alkyl halides is 6. The first-order valence-corrected chi connectivity index (χ1v) is 10.9. The number of hydrogen-bond donors (Lipinski definition) is 3. The van der Waals surface area contributed by atoms with Gasteiger partial charge in [-0.2, -0.15) is 26.3 Å². The Morgan fingerprint density at radius 1 is 0.861 bits per heavy atom. The first kappa shape index (κ1) is 28.8. The van der Waals surface area contributed by atoms with E-state index in [-0.39, 0.29) is 31.1 Å². The Balaban J connectivity index is 0.000000572. The summed E-state index contributed by atoms with van der Waals surface area (Å²) in [5.74, 6) is -3.15. The van der Waals surface area contributed by atoms with Gasteiger partial charge < -0.3 is 15.7 Å². The summed E-state index contributed by atoms with van der Waals surface area (Å²) in [6.07, 6.45) is -7.51. The van der Waals surface area contributed by atoms with Gasteiger partial charge in [-0.25, -0.2) is 4.79 Å². The summed E-state index contributed by atoms with van der Waals surface area (Å²) in [4.78, 5) is 33.3. The van der Waals surface area contributed by atoms with Crippen LogP contribution in [-0.2, 0) is 35.2 Å². The van der Waals surface area contributed by atoms with E-state index in [0.717, 1.165) is 38.1 Å². The van der Waals surface area contributed by atoms with Gasteiger partial charge in [0.2, 0.25) is 5.91 Å². The summed E-state index contributed by atoms with van der Waals surface area (Å²) < 4.78 is 69.4. The van der Waals surface area contributed by atoms with Crippen LogP contribution >= 0.6 is 0 Å². The van der Waals surface area contributed by atoms with Crippen LogP contribution in [0.25, 0.3) is 0 Å². The van der Waals surface area contributed by atoms with Gasteiger partial charge in [-0.3, -0.25) is 9.59 Å². The lowest BCUT2D eigenvalue weighted by atomic mass is 9.97. The number of carboxylic acid groups (broad SMARTS) is 1. The highest BCUT2D eigenvalue weighted by molar-refractivity contribution is 5.98. The third kappa shape index (κ3) is 9.33. The summed E-state index contributed by atoms with van der Waals surface area (Å²) in [5, 5.41) is 13.1. The third-order valence-electron chi connectivity index (χ3n) is 5.26. The maximum Gasteiger partial charge on any atom is 0.490 e. The Labute approximate surface area is 202 Å². The second-order valence-corrected chi connectivity index (χ2v) is 7.93. The van der Waals surface area contributed by atoms with Crippen molar-refractivity contribution in [2.45, 2.75) is 44.6 Å². The fraction of sp³-hybridized carbons (Fsp3) is 0.375. The molecule has 0 radical (unpaired) electrons. The summed E-state index contributed by atoms with van der Waals surface area (Å²) in [6, 6.07) is 10.4. The summed E-state index contributed by atoms with van der Waals surface area (Å²) in [5.41, 5.74) is 2.88. The number of hydrogen-bond acceptors (Lipinski definition) is 4. The topological polar surface area (TPSA) is 95.5 Å². The van der Waals surface area contributed by atoms with Crippen molar-refractivity contribution in [2.75, 3.05) is 13.1 Å². The van der Waals surface area contributed by atoms with E-state index >= 15 is 0 Å². The second-order valence-electron chi connectivity index (χ2n) is 7.93. The van der Waals surface area contributed by atoms with Crippen LogP contribution in [0, 0.1) is 0 Å². The fourth-order valence-electron chi connectivity index (χ4n) is 3.32. The number of carbonyl (C=O) groups excluding carboxylic acids is 2. The molecule has 0 saturated carbocycles. The van der Waals surface area contributed by atoms with E-state index in [2.05, 4.69) is 10.6 Å². The van der Waals surface area contributed by atoms with Crippen LogP contribution in [0.5, 0.6) is 0 Å². The zero-order chi connectivity index (χ0) is 26.9. The fourth-order valence-corrected chi connectivity index (χ4v) is 3.32. The van der Waals surface area contributed by atoms with Crippen molar-refractivity contribution in [3.63, 3.8) is 0 Å². The molecule has 0 saturated heterocycles. The predicted octanol–water partition coefficient (Wildman–Crippen LogP) is 4.31. The monoisotopic (exact) mass is 518 g/mol. The average Bonchev–Trinajstić information content (AvgIpc) is 3.05. The molecule has 1 aliphatic heterocycles. The lowest BCUT2D eigenvalue weighted by Crippen LogP contribution is -2.23. The van der Waals surface area contributed by atoms with E-state index in [9.17, 15) is 35.9 Å². The molecule has 2 aromatic carbocycles. The van der Waals surface area contributed by atoms with E-state index in [1.807, 2.05) is 18.2 Å². The van der Waals surface area contributed by atoms with E-state index in [4.69, 9.17) is 9.90 Å². The first-order chi connectivity index (χ1) is 16.8. The molecule has 1 heterocycles. The van der Waals surface area contributed by atoms with Crippen molar-refractivity contribution in [3.8, 4) is 0 Å². The van der Waals surface area contributed by atoms with Crippen molar-refractivity contribution >= 4 is 17.7 Å². The highest BCUT2D eigenvalue weighted by Gasteiger charge is 2.38. The lowest BCUT2D eigenvalue weighted by molar-refractivity contribution is -0.192. The molecule has 0 bridgehead atoms. The first-order valence-electron chi connectivity index (χ1n) is 10.9. The molecule has 36 heavy (non-hydrogen) atoms. The quantitative estimate of drug-likeness (QED) is 0.392. The predicted molar refractivity (Wildman–Crippen MR) is 117 cm³/mol. The molecule has 0 aliphatic carbocycles. The minimum Gasteiger partial charge on any atom is -0.475 e. The Bertz CT molecular complexity index is 1070. The standard InChI is InChI=1S/C22H23F3N2O2.C2HF3O2/c23-22(24,25)19-5-1-15(2-6-19)14-27-21(29)8-7-20(28)18-4-3-16-9-11-26-12-10-17(16)13-18;3-2(4,5)1(6)7/h1-6,13,26H,7-12,14H2,(H,27,29);(H,6,7). The molecule has 2 aromatic rings. The van der Waals surface area contributed by atoms with Gasteiger partial charge in [0, 0.05) is 24.9 Å². The molecule has 1 amide bonds. The molecule has 12 heteroatoms. The number of nitrogens with one attached hydrogen (secondary N) is 2.